The van der Waals surface area contributed by atoms with Gasteiger partial charge in [0.05, 0.1) is 5.56 Å². The third-order valence-electron chi connectivity index (χ3n) is 4.87. The SMILES string of the molecule is Cc1onc(-c2ccccc2)c1-c1nnc(COC(=O)c2cccnc2Sc2ccccc2)o1. The molecule has 8 nitrogen and oxygen atoms in total. The second-order valence-corrected chi connectivity index (χ2v) is 8.24. The van der Waals surface area contributed by atoms with Crippen molar-refractivity contribution in [1.29, 1.82) is 0 Å². The second-order valence-electron chi connectivity index (χ2n) is 7.18. The summed E-state index contributed by atoms with van der Waals surface area (Å²) in [5, 5.41) is 12.8. The zero-order valence-corrected chi connectivity index (χ0v) is 18.9. The van der Waals surface area contributed by atoms with E-state index in [-0.39, 0.29) is 18.4 Å². The summed E-state index contributed by atoms with van der Waals surface area (Å²) in [6.07, 6.45) is 1.64. The molecular formula is C25H18N4O4S. The maximum Gasteiger partial charge on any atom is 0.341 e. The fraction of sp³-hybridized carbons (Fsp3) is 0.0800. The van der Waals surface area contributed by atoms with Crippen LogP contribution in [0.15, 0.2) is 97.9 Å². The summed E-state index contributed by atoms with van der Waals surface area (Å²) in [4.78, 5) is 18.1. The van der Waals surface area contributed by atoms with E-state index in [1.165, 1.54) is 11.8 Å². The number of aromatic nitrogens is 4. The highest BCUT2D eigenvalue weighted by atomic mass is 32.2. The van der Waals surface area contributed by atoms with Crippen molar-refractivity contribution in [2.24, 2.45) is 0 Å². The van der Waals surface area contributed by atoms with E-state index in [0.717, 1.165) is 10.5 Å². The van der Waals surface area contributed by atoms with Gasteiger partial charge in [-0.3, -0.25) is 0 Å². The number of ether oxygens (including phenoxy) is 1. The summed E-state index contributed by atoms with van der Waals surface area (Å²) < 4.78 is 16.6. The van der Waals surface area contributed by atoms with Crippen LogP contribution in [0.25, 0.3) is 22.7 Å². The number of aryl methyl sites for hydroxylation is 1. The number of carbonyl (C=O) groups excluding carboxylic acids is 1. The lowest BCUT2D eigenvalue weighted by Crippen LogP contribution is -2.07. The van der Waals surface area contributed by atoms with Gasteiger partial charge < -0.3 is 13.7 Å². The van der Waals surface area contributed by atoms with E-state index in [1.54, 1.807) is 25.3 Å². The minimum Gasteiger partial charge on any atom is -0.452 e. The normalized spacial score (nSPS) is 10.9. The Hall–Kier alpha value is -4.24. The first-order chi connectivity index (χ1) is 16.7. The van der Waals surface area contributed by atoms with Crippen molar-refractivity contribution in [1.82, 2.24) is 20.3 Å². The van der Waals surface area contributed by atoms with Gasteiger partial charge >= 0.3 is 5.97 Å². The number of esters is 1. The molecule has 0 bridgehead atoms. The second kappa shape index (κ2) is 9.72. The third kappa shape index (κ3) is 4.60. The van der Waals surface area contributed by atoms with Crippen molar-refractivity contribution in [3.63, 3.8) is 0 Å². The quantitative estimate of drug-likeness (QED) is 0.281. The molecule has 0 amide bonds. The van der Waals surface area contributed by atoms with Crippen molar-refractivity contribution < 1.29 is 18.5 Å². The molecule has 9 heteroatoms. The van der Waals surface area contributed by atoms with Gasteiger partial charge in [-0.2, -0.15) is 0 Å². The summed E-state index contributed by atoms with van der Waals surface area (Å²) in [5.74, 6) is 0.413. The average molecular weight is 471 g/mol. The Balaban J connectivity index is 1.31. The van der Waals surface area contributed by atoms with Crippen LogP contribution < -0.4 is 0 Å². The predicted molar refractivity (Wildman–Crippen MR) is 124 cm³/mol. The van der Waals surface area contributed by atoms with Crippen molar-refractivity contribution in [3.8, 4) is 22.7 Å². The van der Waals surface area contributed by atoms with Crippen LogP contribution >= 0.6 is 11.8 Å². The van der Waals surface area contributed by atoms with E-state index >= 15 is 0 Å². The molecule has 3 heterocycles. The smallest absolute Gasteiger partial charge is 0.341 e. The first kappa shape index (κ1) is 21.6. The minimum absolute atomic E-state index is 0.157. The summed E-state index contributed by atoms with van der Waals surface area (Å²) in [5.41, 5.74) is 2.42. The van der Waals surface area contributed by atoms with Gasteiger partial charge in [0.1, 0.15) is 22.0 Å². The van der Waals surface area contributed by atoms with Crippen LogP contribution in [-0.2, 0) is 11.3 Å². The van der Waals surface area contributed by atoms with Gasteiger partial charge in [-0.25, -0.2) is 9.78 Å². The van der Waals surface area contributed by atoms with E-state index in [4.69, 9.17) is 13.7 Å². The van der Waals surface area contributed by atoms with Crippen LogP contribution in [0.5, 0.6) is 0 Å². The highest BCUT2D eigenvalue weighted by Crippen LogP contribution is 2.33. The van der Waals surface area contributed by atoms with Crippen molar-refractivity contribution >= 4 is 17.7 Å². The molecule has 0 N–H and O–H groups in total. The van der Waals surface area contributed by atoms with E-state index in [2.05, 4.69) is 20.3 Å². The van der Waals surface area contributed by atoms with Crippen molar-refractivity contribution in [2.45, 2.75) is 23.5 Å². The Kier molecular flexibility index (Phi) is 6.17. The molecule has 3 aromatic heterocycles. The Morgan fingerprint density at radius 1 is 0.971 bits per heavy atom. The largest absolute Gasteiger partial charge is 0.452 e. The molecule has 0 spiro atoms. The van der Waals surface area contributed by atoms with Crippen LogP contribution in [0.1, 0.15) is 22.0 Å². The first-order valence-corrected chi connectivity index (χ1v) is 11.2. The Morgan fingerprint density at radius 3 is 2.53 bits per heavy atom. The number of pyridine rings is 1. The third-order valence-corrected chi connectivity index (χ3v) is 5.89. The van der Waals surface area contributed by atoms with Gasteiger partial charge in [0, 0.05) is 16.7 Å². The summed E-state index contributed by atoms with van der Waals surface area (Å²) in [6.45, 7) is 1.59. The molecular weight excluding hydrogens is 452 g/mol. The standard InChI is InChI=1S/C25H18N4O4S/c1-16-21(22(29-33-16)17-9-4-2-5-10-17)23-28-27-20(32-23)15-31-25(30)19-13-8-14-26-24(19)34-18-11-6-3-7-12-18/h2-14H,15H2,1H3. The highest BCUT2D eigenvalue weighted by Gasteiger charge is 2.23. The van der Waals surface area contributed by atoms with E-state index in [0.29, 0.717) is 27.6 Å². The fourth-order valence-corrected chi connectivity index (χ4v) is 4.15. The van der Waals surface area contributed by atoms with Gasteiger partial charge in [-0.15, -0.1) is 10.2 Å². The summed E-state index contributed by atoms with van der Waals surface area (Å²) in [7, 11) is 0. The van der Waals surface area contributed by atoms with Gasteiger partial charge in [0.25, 0.3) is 11.8 Å². The zero-order chi connectivity index (χ0) is 23.3. The molecule has 0 radical (unpaired) electrons. The Bertz CT molecular complexity index is 1420. The van der Waals surface area contributed by atoms with E-state index in [9.17, 15) is 4.79 Å². The number of rotatable bonds is 7. The topological polar surface area (TPSA) is 104 Å². The monoisotopic (exact) mass is 470 g/mol. The number of hydrogen-bond donors (Lipinski definition) is 0. The van der Waals surface area contributed by atoms with Crippen LogP contribution in [-0.4, -0.2) is 26.3 Å². The molecule has 0 saturated heterocycles. The Labute approximate surface area is 199 Å². The maximum atomic E-state index is 12.8. The molecule has 0 unspecified atom stereocenters. The van der Waals surface area contributed by atoms with Crippen LogP contribution in [0, 0.1) is 6.92 Å². The van der Waals surface area contributed by atoms with Crippen LogP contribution in [0.2, 0.25) is 0 Å². The maximum absolute atomic E-state index is 12.8. The minimum atomic E-state index is -0.530. The molecule has 168 valence electrons. The zero-order valence-electron chi connectivity index (χ0n) is 18.0. The molecule has 0 aliphatic rings. The first-order valence-electron chi connectivity index (χ1n) is 10.4. The van der Waals surface area contributed by atoms with Gasteiger partial charge in [-0.05, 0) is 31.2 Å². The molecule has 34 heavy (non-hydrogen) atoms. The van der Waals surface area contributed by atoms with Crippen LogP contribution in [0.3, 0.4) is 0 Å². The lowest BCUT2D eigenvalue weighted by Gasteiger charge is -2.07. The molecule has 0 atom stereocenters. The number of hydrogen-bond acceptors (Lipinski definition) is 9. The van der Waals surface area contributed by atoms with E-state index in [1.807, 2.05) is 60.7 Å². The van der Waals surface area contributed by atoms with E-state index < -0.39 is 5.97 Å². The van der Waals surface area contributed by atoms with Gasteiger partial charge in [-0.1, -0.05) is 65.4 Å². The van der Waals surface area contributed by atoms with Crippen molar-refractivity contribution in [3.05, 3.63) is 96.2 Å². The summed E-state index contributed by atoms with van der Waals surface area (Å²) in [6, 6.07) is 22.6. The van der Waals surface area contributed by atoms with Gasteiger partial charge in [0.15, 0.2) is 6.61 Å². The lowest BCUT2D eigenvalue weighted by molar-refractivity contribution is 0.0433. The molecule has 2 aromatic carbocycles. The fourth-order valence-electron chi connectivity index (χ4n) is 3.26. The molecule has 5 aromatic rings. The Morgan fingerprint density at radius 2 is 1.74 bits per heavy atom. The van der Waals surface area contributed by atoms with Crippen molar-refractivity contribution in [2.75, 3.05) is 0 Å². The predicted octanol–water partition coefficient (Wildman–Crippen LogP) is 5.60. The van der Waals surface area contributed by atoms with Gasteiger partial charge in [0.2, 0.25) is 0 Å². The van der Waals surface area contributed by atoms with Crippen LogP contribution in [0.4, 0.5) is 0 Å². The molecule has 0 aliphatic carbocycles. The molecule has 0 fully saturated rings. The highest BCUT2D eigenvalue weighted by molar-refractivity contribution is 7.99. The molecule has 5 rings (SSSR count). The lowest BCUT2D eigenvalue weighted by atomic mass is 10.1. The molecule has 0 aliphatic heterocycles. The molecule has 0 saturated carbocycles. The number of benzene rings is 2. The number of carbonyl (C=O) groups is 1. The average Bonchev–Trinajstić information content (AvgIpc) is 3.50. The number of nitrogens with zero attached hydrogens (tertiary/aromatic N) is 4. The summed E-state index contributed by atoms with van der Waals surface area (Å²) >= 11 is 1.39.